The minimum Gasteiger partial charge on any atom is -0.399 e. The van der Waals surface area contributed by atoms with Crippen LogP contribution >= 0.6 is 0 Å². The number of methoxy groups -OCH3 is 2. The van der Waals surface area contributed by atoms with Crippen molar-refractivity contribution < 1.29 is 26.7 Å². The van der Waals surface area contributed by atoms with E-state index in [-0.39, 0.29) is 32.0 Å². The van der Waals surface area contributed by atoms with E-state index < -0.39 is 26.6 Å². The van der Waals surface area contributed by atoms with Crippen molar-refractivity contribution in [2.75, 3.05) is 46.3 Å². The van der Waals surface area contributed by atoms with Gasteiger partial charge in [0.15, 0.2) is 4.90 Å². The Balaban J connectivity index is 3.21. The van der Waals surface area contributed by atoms with Crippen molar-refractivity contribution in [3.63, 3.8) is 0 Å². The van der Waals surface area contributed by atoms with Crippen LogP contribution in [0.3, 0.4) is 0 Å². The van der Waals surface area contributed by atoms with Gasteiger partial charge in [-0.25, -0.2) is 17.2 Å². The summed E-state index contributed by atoms with van der Waals surface area (Å²) in [5.74, 6) is -2.46. The summed E-state index contributed by atoms with van der Waals surface area (Å²) in [5, 5.41) is 0. The van der Waals surface area contributed by atoms with Crippen LogP contribution in [-0.2, 0) is 19.5 Å². The maximum Gasteiger partial charge on any atom is 0.249 e. The standard InChI is InChI=1S/C12H18F2N2O4S/c1-19-5-3-16(4-6-20-2)21(17,18)12-10(13)7-9(15)8-11(12)14/h7-8H,3-6,15H2,1-2H3. The molecule has 0 radical (unpaired) electrons. The average Bonchev–Trinajstić information content (AvgIpc) is 2.36. The summed E-state index contributed by atoms with van der Waals surface area (Å²) in [7, 11) is -1.57. The molecule has 0 amide bonds. The quantitative estimate of drug-likeness (QED) is 0.716. The van der Waals surface area contributed by atoms with Crippen LogP contribution in [0, 0.1) is 11.6 Å². The second-order valence-electron chi connectivity index (χ2n) is 4.20. The van der Waals surface area contributed by atoms with Gasteiger partial charge in [-0.15, -0.1) is 0 Å². The van der Waals surface area contributed by atoms with E-state index in [1.165, 1.54) is 14.2 Å². The summed E-state index contributed by atoms with van der Waals surface area (Å²) >= 11 is 0. The molecule has 0 saturated heterocycles. The van der Waals surface area contributed by atoms with Gasteiger partial charge in [0.05, 0.1) is 13.2 Å². The second kappa shape index (κ2) is 7.64. The molecule has 0 spiro atoms. The maximum absolute atomic E-state index is 13.8. The first-order chi connectivity index (χ1) is 9.84. The molecular formula is C12H18F2N2O4S. The van der Waals surface area contributed by atoms with Crippen molar-refractivity contribution >= 4 is 15.7 Å². The van der Waals surface area contributed by atoms with Crippen molar-refractivity contribution in [2.24, 2.45) is 0 Å². The molecule has 6 nitrogen and oxygen atoms in total. The van der Waals surface area contributed by atoms with Crippen LogP contribution in [0.4, 0.5) is 14.5 Å². The Hall–Kier alpha value is -1.29. The molecule has 0 unspecified atom stereocenters. The van der Waals surface area contributed by atoms with E-state index in [0.29, 0.717) is 0 Å². The molecule has 0 saturated carbocycles. The molecule has 0 fully saturated rings. The smallest absolute Gasteiger partial charge is 0.249 e. The number of sulfonamides is 1. The third-order valence-electron chi connectivity index (χ3n) is 2.71. The van der Waals surface area contributed by atoms with Gasteiger partial charge in [-0.05, 0) is 12.1 Å². The lowest BCUT2D eigenvalue weighted by atomic mass is 10.3. The molecule has 0 heterocycles. The third-order valence-corrected chi connectivity index (χ3v) is 4.66. The molecule has 0 bridgehead atoms. The topological polar surface area (TPSA) is 81.9 Å². The molecule has 1 aromatic rings. The molecule has 21 heavy (non-hydrogen) atoms. The minimum absolute atomic E-state index is 0.0501. The number of hydrogen-bond acceptors (Lipinski definition) is 5. The van der Waals surface area contributed by atoms with E-state index >= 15 is 0 Å². The molecule has 1 aromatic carbocycles. The first-order valence-electron chi connectivity index (χ1n) is 6.07. The number of nitrogens with zero attached hydrogens (tertiary/aromatic N) is 1. The first kappa shape index (κ1) is 17.8. The lowest BCUT2D eigenvalue weighted by Crippen LogP contribution is -2.37. The predicted octanol–water partition coefficient (Wildman–Crippen LogP) is 0.830. The highest BCUT2D eigenvalue weighted by atomic mass is 32.2. The van der Waals surface area contributed by atoms with Crippen LogP contribution < -0.4 is 5.73 Å². The summed E-state index contributed by atoms with van der Waals surface area (Å²) < 4.78 is 62.9. The highest BCUT2D eigenvalue weighted by Gasteiger charge is 2.30. The van der Waals surface area contributed by atoms with E-state index in [2.05, 4.69) is 0 Å². The summed E-state index contributed by atoms with van der Waals surface area (Å²) in [6.45, 7) is 0.0687. The van der Waals surface area contributed by atoms with E-state index in [9.17, 15) is 17.2 Å². The van der Waals surface area contributed by atoms with Gasteiger partial charge in [0.2, 0.25) is 10.0 Å². The summed E-state index contributed by atoms with van der Waals surface area (Å²) in [6, 6.07) is 1.53. The fourth-order valence-corrected chi connectivity index (χ4v) is 3.19. The van der Waals surface area contributed by atoms with E-state index in [1.54, 1.807) is 0 Å². The number of nitrogen functional groups attached to an aromatic ring is 1. The Morgan fingerprint density at radius 3 is 1.90 bits per heavy atom. The number of anilines is 1. The lowest BCUT2D eigenvalue weighted by Gasteiger charge is -2.22. The van der Waals surface area contributed by atoms with Crippen molar-refractivity contribution in [3.05, 3.63) is 23.8 Å². The van der Waals surface area contributed by atoms with Crippen molar-refractivity contribution in [2.45, 2.75) is 4.90 Å². The van der Waals surface area contributed by atoms with Crippen molar-refractivity contribution in [1.82, 2.24) is 4.31 Å². The van der Waals surface area contributed by atoms with Crippen LogP contribution in [0.15, 0.2) is 17.0 Å². The average molecular weight is 324 g/mol. The maximum atomic E-state index is 13.8. The molecule has 0 aromatic heterocycles. The van der Waals surface area contributed by atoms with Crippen molar-refractivity contribution in [3.8, 4) is 0 Å². The zero-order chi connectivity index (χ0) is 16.0. The Labute approximate surface area is 122 Å². The number of halogens is 2. The van der Waals surface area contributed by atoms with E-state index in [0.717, 1.165) is 16.4 Å². The van der Waals surface area contributed by atoms with Crippen LogP contribution in [-0.4, -0.2) is 53.2 Å². The molecule has 0 aliphatic heterocycles. The highest BCUT2D eigenvalue weighted by Crippen LogP contribution is 2.24. The number of benzene rings is 1. The Bertz CT molecular complexity index is 550. The van der Waals surface area contributed by atoms with Gasteiger partial charge in [-0.1, -0.05) is 0 Å². The summed E-state index contributed by atoms with van der Waals surface area (Å²) in [4.78, 5) is -1.02. The van der Waals surface area contributed by atoms with E-state index in [1.807, 2.05) is 0 Å². The number of nitrogens with two attached hydrogens (primary N) is 1. The number of hydrogen-bond donors (Lipinski definition) is 1. The summed E-state index contributed by atoms with van der Waals surface area (Å²) in [5.41, 5.74) is 5.09. The Kier molecular flexibility index (Phi) is 6.46. The molecule has 9 heteroatoms. The van der Waals surface area contributed by atoms with Crippen molar-refractivity contribution in [1.29, 1.82) is 0 Å². The molecule has 2 N–H and O–H groups in total. The fourth-order valence-electron chi connectivity index (χ4n) is 1.69. The zero-order valence-electron chi connectivity index (χ0n) is 11.8. The predicted molar refractivity (Wildman–Crippen MR) is 73.3 cm³/mol. The van der Waals surface area contributed by atoms with E-state index in [4.69, 9.17) is 15.2 Å². The van der Waals surface area contributed by atoms with Crippen LogP contribution in [0.25, 0.3) is 0 Å². The molecule has 120 valence electrons. The molecule has 1 rings (SSSR count). The van der Waals surface area contributed by atoms with Gasteiger partial charge < -0.3 is 15.2 Å². The number of ether oxygens (including phenoxy) is 2. The Morgan fingerprint density at radius 1 is 1.10 bits per heavy atom. The third kappa shape index (κ3) is 4.34. The van der Waals surface area contributed by atoms with Crippen LogP contribution in [0.1, 0.15) is 0 Å². The van der Waals surface area contributed by atoms with Gasteiger partial charge in [-0.2, -0.15) is 4.31 Å². The second-order valence-corrected chi connectivity index (χ2v) is 6.08. The van der Waals surface area contributed by atoms with Gasteiger partial charge in [0.1, 0.15) is 11.6 Å². The highest BCUT2D eigenvalue weighted by molar-refractivity contribution is 7.89. The van der Waals surface area contributed by atoms with Crippen LogP contribution in [0.2, 0.25) is 0 Å². The molecule has 0 aliphatic rings. The zero-order valence-corrected chi connectivity index (χ0v) is 12.6. The SMILES string of the molecule is COCCN(CCOC)S(=O)(=O)c1c(F)cc(N)cc1F. The minimum atomic E-state index is -4.36. The number of rotatable bonds is 8. The van der Waals surface area contributed by atoms with Gasteiger partial charge in [-0.3, -0.25) is 0 Å². The lowest BCUT2D eigenvalue weighted by molar-refractivity contribution is 0.150. The monoisotopic (exact) mass is 324 g/mol. The molecule has 0 atom stereocenters. The van der Waals surface area contributed by atoms with Gasteiger partial charge in [0.25, 0.3) is 0 Å². The van der Waals surface area contributed by atoms with Gasteiger partial charge >= 0.3 is 0 Å². The Morgan fingerprint density at radius 2 is 1.52 bits per heavy atom. The van der Waals surface area contributed by atoms with Gasteiger partial charge in [0, 0.05) is 33.0 Å². The summed E-state index contributed by atoms with van der Waals surface area (Å²) in [6.07, 6.45) is 0. The first-order valence-corrected chi connectivity index (χ1v) is 7.51. The van der Waals surface area contributed by atoms with Crippen LogP contribution in [0.5, 0.6) is 0 Å². The largest absolute Gasteiger partial charge is 0.399 e. The fraction of sp³-hybridized carbons (Fsp3) is 0.500. The molecular weight excluding hydrogens is 306 g/mol. The molecule has 0 aliphatic carbocycles. The normalized spacial score (nSPS) is 12.0.